The third kappa shape index (κ3) is 8.38. The van der Waals surface area contributed by atoms with E-state index < -0.39 is 11.0 Å². The highest BCUT2D eigenvalue weighted by Crippen LogP contribution is 2.20. The van der Waals surface area contributed by atoms with Crippen molar-refractivity contribution < 1.29 is 14.5 Å². The smallest absolute Gasteiger partial charge is 0.269 e. The van der Waals surface area contributed by atoms with Gasteiger partial charge < -0.3 is 10.2 Å². The predicted octanol–water partition coefficient (Wildman–Crippen LogP) is 5.13. The first-order chi connectivity index (χ1) is 17.0. The Morgan fingerprint density at radius 2 is 1.74 bits per heavy atom. The molecule has 7 nitrogen and oxygen atoms in total. The summed E-state index contributed by atoms with van der Waals surface area (Å²) in [6, 6.07) is 16.1. The van der Waals surface area contributed by atoms with Crippen molar-refractivity contribution in [2.45, 2.75) is 69.7 Å². The fourth-order valence-corrected chi connectivity index (χ4v) is 5.36. The number of carbonyl (C=O) groups excluding carboxylic acids is 2. The van der Waals surface area contributed by atoms with Crippen molar-refractivity contribution >= 4 is 29.3 Å². The van der Waals surface area contributed by atoms with E-state index in [1.165, 1.54) is 30.3 Å². The highest BCUT2D eigenvalue weighted by atomic mass is 32.2. The van der Waals surface area contributed by atoms with Gasteiger partial charge in [-0.3, -0.25) is 19.7 Å². The third-order valence-electron chi connectivity index (χ3n) is 6.46. The van der Waals surface area contributed by atoms with Gasteiger partial charge in [0.15, 0.2) is 0 Å². The molecule has 8 heteroatoms. The van der Waals surface area contributed by atoms with Gasteiger partial charge >= 0.3 is 0 Å². The summed E-state index contributed by atoms with van der Waals surface area (Å²) in [6.45, 7) is 2.44. The zero-order valence-corrected chi connectivity index (χ0v) is 21.2. The fraction of sp³-hybridized carbons (Fsp3) is 0.481. The van der Waals surface area contributed by atoms with Gasteiger partial charge in [0.1, 0.15) is 6.04 Å². The van der Waals surface area contributed by atoms with Crippen molar-refractivity contribution in [2.24, 2.45) is 0 Å². The molecule has 0 aliphatic heterocycles. The molecule has 1 unspecified atom stereocenters. The van der Waals surface area contributed by atoms with Gasteiger partial charge in [-0.2, -0.15) is 0 Å². The minimum Gasteiger partial charge on any atom is -0.352 e. The second-order valence-electron chi connectivity index (χ2n) is 9.01. The van der Waals surface area contributed by atoms with Crippen molar-refractivity contribution in [1.82, 2.24) is 10.2 Å². The molecule has 2 aromatic rings. The zero-order chi connectivity index (χ0) is 25.0. The SMILES string of the molecule is CCC(C(=O)NC1CCCCC1)N(CCc1ccccc1)C(=O)CSCc1ccc([N+](=O)[O-])cc1. The molecular weight excluding hydrogens is 462 g/mol. The monoisotopic (exact) mass is 497 g/mol. The summed E-state index contributed by atoms with van der Waals surface area (Å²) in [7, 11) is 0. The van der Waals surface area contributed by atoms with Gasteiger partial charge in [-0.1, -0.05) is 68.7 Å². The molecule has 1 aliphatic rings. The molecule has 35 heavy (non-hydrogen) atoms. The van der Waals surface area contributed by atoms with Crippen LogP contribution in [0.4, 0.5) is 5.69 Å². The summed E-state index contributed by atoms with van der Waals surface area (Å²) in [5.41, 5.74) is 2.11. The molecule has 1 saturated carbocycles. The summed E-state index contributed by atoms with van der Waals surface area (Å²) in [5, 5.41) is 14.1. The van der Waals surface area contributed by atoms with Gasteiger partial charge in [0.05, 0.1) is 10.7 Å². The summed E-state index contributed by atoms with van der Waals surface area (Å²) >= 11 is 1.46. The Labute approximate surface area is 211 Å². The summed E-state index contributed by atoms with van der Waals surface area (Å²) in [4.78, 5) is 38.7. The van der Waals surface area contributed by atoms with E-state index in [0.717, 1.165) is 36.8 Å². The second-order valence-corrected chi connectivity index (χ2v) is 9.99. The van der Waals surface area contributed by atoms with Gasteiger partial charge in [-0.15, -0.1) is 11.8 Å². The number of hydrogen-bond donors (Lipinski definition) is 1. The number of nitro benzene ring substituents is 1. The average molecular weight is 498 g/mol. The Hall–Kier alpha value is -2.87. The van der Waals surface area contributed by atoms with Crippen LogP contribution in [0.2, 0.25) is 0 Å². The predicted molar refractivity (Wildman–Crippen MR) is 140 cm³/mol. The van der Waals surface area contributed by atoms with E-state index in [0.29, 0.717) is 25.1 Å². The quantitative estimate of drug-likeness (QED) is 0.324. The van der Waals surface area contributed by atoms with E-state index in [1.54, 1.807) is 17.0 Å². The number of hydrogen-bond acceptors (Lipinski definition) is 5. The topological polar surface area (TPSA) is 92.6 Å². The molecule has 0 heterocycles. The Kier molecular flexibility index (Phi) is 10.6. The lowest BCUT2D eigenvalue weighted by molar-refractivity contribution is -0.384. The van der Waals surface area contributed by atoms with Crippen molar-refractivity contribution in [3.63, 3.8) is 0 Å². The lowest BCUT2D eigenvalue weighted by Crippen LogP contribution is -2.52. The highest BCUT2D eigenvalue weighted by molar-refractivity contribution is 7.99. The number of carbonyl (C=O) groups is 2. The Balaban J connectivity index is 1.63. The molecule has 1 fully saturated rings. The van der Waals surface area contributed by atoms with Gasteiger partial charge in [0.25, 0.3) is 5.69 Å². The normalized spacial score (nSPS) is 14.8. The number of benzene rings is 2. The van der Waals surface area contributed by atoms with Crippen LogP contribution in [0.5, 0.6) is 0 Å². The lowest BCUT2D eigenvalue weighted by atomic mass is 9.95. The number of nitrogens with one attached hydrogen (secondary N) is 1. The maximum atomic E-state index is 13.3. The molecule has 0 spiro atoms. The number of nitro groups is 1. The Bertz CT molecular complexity index is 962. The van der Waals surface area contributed by atoms with Crippen LogP contribution in [0.3, 0.4) is 0 Å². The number of amides is 2. The minimum atomic E-state index is -0.492. The van der Waals surface area contributed by atoms with Crippen molar-refractivity contribution in [2.75, 3.05) is 12.3 Å². The van der Waals surface area contributed by atoms with Crippen molar-refractivity contribution in [1.29, 1.82) is 0 Å². The Morgan fingerprint density at radius 1 is 1.06 bits per heavy atom. The van der Waals surface area contributed by atoms with Crippen LogP contribution < -0.4 is 5.32 Å². The van der Waals surface area contributed by atoms with Gasteiger partial charge in [0.2, 0.25) is 11.8 Å². The van der Waals surface area contributed by atoms with Crippen LogP contribution in [0.25, 0.3) is 0 Å². The molecule has 2 amide bonds. The molecule has 0 bridgehead atoms. The minimum absolute atomic E-state index is 0.0525. The molecule has 0 radical (unpaired) electrons. The average Bonchev–Trinajstić information content (AvgIpc) is 2.88. The maximum absolute atomic E-state index is 13.3. The lowest BCUT2D eigenvalue weighted by Gasteiger charge is -2.32. The second kappa shape index (κ2) is 13.9. The van der Waals surface area contributed by atoms with Crippen molar-refractivity contribution in [3.8, 4) is 0 Å². The van der Waals surface area contributed by atoms with Gasteiger partial charge in [-0.05, 0) is 36.8 Å². The first-order valence-electron chi connectivity index (χ1n) is 12.4. The maximum Gasteiger partial charge on any atom is 0.269 e. The molecule has 0 aromatic heterocycles. The molecule has 0 saturated heterocycles. The van der Waals surface area contributed by atoms with Crippen LogP contribution in [0, 0.1) is 10.1 Å². The van der Waals surface area contributed by atoms with Gasteiger partial charge in [0, 0.05) is 30.5 Å². The van der Waals surface area contributed by atoms with E-state index in [9.17, 15) is 19.7 Å². The molecule has 3 rings (SSSR count). The highest BCUT2D eigenvalue weighted by Gasteiger charge is 2.29. The van der Waals surface area contributed by atoms with E-state index in [-0.39, 0.29) is 29.3 Å². The summed E-state index contributed by atoms with van der Waals surface area (Å²) in [5.74, 6) is 0.708. The largest absolute Gasteiger partial charge is 0.352 e. The van der Waals surface area contributed by atoms with Gasteiger partial charge in [-0.25, -0.2) is 0 Å². The Morgan fingerprint density at radius 3 is 2.37 bits per heavy atom. The zero-order valence-electron chi connectivity index (χ0n) is 20.4. The third-order valence-corrected chi connectivity index (χ3v) is 7.45. The first-order valence-corrected chi connectivity index (χ1v) is 13.6. The molecule has 1 N–H and O–H groups in total. The van der Waals surface area contributed by atoms with Crippen LogP contribution in [0.1, 0.15) is 56.6 Å². The summed E-state index contributed by atoms with van der Waals surface area (Å²) < 4.78 is 0. The van der Waals surface area contributed by atoms with E-state index in [4.69, 9.17) is 0 Å². The van der Waals surface area contributed by atoms with E-state index >= 15 is 0 Å². The summed E-state index contributed by atoms with van der Waals surface area (Å²) in [6.07, 6.45) is 6.75. The fourth-order valence-electron chi connectivity index (χ4n) is 4.49. The van der Waals surface area contributed by atoms with Crippen LogP contribution in [0.15, 0.2) is 54.6 Å². The standard InChI is InChI=1S/C27H35N3O4S/c1-2-25(27(32)28-23-11-7-4-8-12-23)29(18-17-21-9-5-3-6-10-21)26(31)20-35-19-22-13-15-24(16-14-22)30(33)34/h3,5-6,9-10,13-16,23,25H,2,4,7-8,11-12,17-20H2,1H3,(H,28,32). The van der Waals surface area contributed by atoms with Crippen LogP contribution >= 0.6 is 11.8 Å². The first kappa shape index (κ1) is 26.7. The van der Waals surface area contributed by atoms with Crippen molar-refractivity contribution in [3.05, 3.63) is 75.8 Å². The van der Waals surface area contributed by atoms with E-state index in [2.05, 4.69) is 5.32 Å². The molecular formula is C27H35N3O4S. The molecule has 1 aliphatic carbocycles. The van der Waals surface area contributed by atoms with Crippen LogP contribution in [-0.2, 0) is 21.8 Å². The molecule has 2 aromatic carbocycles. The van der Waals surface area contributed by atoms with Crippen LogP contribution in [-0.4, -0.2) is 46.0 Å². The molecule has 188 valence electrons. The number of non-ortho nitro benzene ring substituents is 1. The number of rotatable bonds is 12. The number of nitrogens with zero attached hydrogens (tertiary/aromatic N) is 2. The number of thioether (sulfide) groups is 1. The van der Waals surface area contributed by atoms with E-state index in [1.807, 2.05) is 37.3 Å². The molecule has 1 atom stereocenters.